The van der Waals surface area contributed by atoms with Crippen LogP contribution in [0.1, 0.15) is 6.92 Å². The highest BCUT2D eigenvalue weighted by Gasteiger charge is 2.11. The van der Waals surface area contributed by atoms with Gasteiger partial charge in [-0.3, -0.25) is 4.98 Å². The number of aliphatic hydroxyl groups excluding tert-OH is 1. The minimum atomic E-state index is -0.407. The molecule has 2 heterocycles. The SMILES string of the molecule is C[C@@H](CO)Nc1nc(Nc2ccc(Br)cc2F)cc(-c2ccccn2)n1. The summed E-state index contributed by atoms with van der Waals surface area (Å²) < 4.78 is 14.8. The van der Waals surface area contributed by atoms with E-state index in [0.717, 1.165) is 0 Å². The van der Waals surface area contributed by atoms with Crippen LogP contribution in [0.25, 0.3) is 11.4 Å². The van der Waals surface area contributed by atoms with Gasteiger partial charge >= 0.3 is 0 Å². The molecule has 3 rings (SSSR count). The number of hydrogen-bond donors (Lipinski definition) is 3. The molecule has 26 heavy (non-hydrogen) atoms. The summed E-state index contributed by atoms with van der Waals surface area (Å²) in [6.07, 6.45) is 1.67. The molecule has 0 saturated heterocycles. The number of aliphatic hydroxyl groups is 1. The van der Waals surface area contributed by atoms with E-state index in [1.54, 1.807) is 31.3 Å². The van der Waals surface area contributed by atoms with E-state index < -0.39 is 5.82 Å². The van der Waals surface area contributed by atoms with Crippen molar-refractivity contribution in [2.45, 2.75) is 13.0 Å². The number of pyridine rings is 1. The first-order valence-electron chi connectivity index (χ1n) is 7.95. The molecule has 0 bridgehead atoms. The largest absolute Gasteiger partial charge is 0.394 e. The van der Waals surface area contributed by atoms with Gasteiger partial charge in [-0.05, 0) is 37.3 Å². The number of nitrogens with one attached hydrogen (secondary N) is 2. The second kappa shape index (κ2) is 8.20. The minimum absolute atomic E-state index is 0.0682. The van der Waals surface area contributed by atoms with Crippen molar-refractivity contribution in [3.8, 4) is 11.4 Å². The lowest BCUT2D eigenvalue weighted by Crippen LogP contribution is -2.21. The number of hydrogen-bond acceptors (Lipinski definition) is 6. The Kier molecular flexibility index (Phi) is 5.75. The highest BCUT2D eigenvalue weighted by molar-refractivity contribution is 9.10. The first-order chi connectivity index (χ1) is 12.5. The average Bonchev–Trinajstić information content (AvgIpc) is 2.64. The van der Waals surface area contributed by atoms with Gasteiger partial charge in [0, 0.05) is 22.8 Å². The summed E-state index contributed by atoms with van der Waals surface area (Å²) in [5, 5.41) is 15.2. The monoisotopic (exact) mass is 417 g/mol. The second-order valence-corrected chi connectivity index (χ2v) is 6.57. The Hall–Kier alpha value is -2.58. The molecule has 6 nitrogen and oxygen atoms in total. The van der Waals surface area contributed by atoms with E-state index in [-0.39, 0.29) is 12.6 Å². The van der Waals surface area contributed by atoms with Crippen LogP contribution in [0.4, 0.5) is 21.8 Å². The number of anilines is 3. The van der Waals surface area contributed by atoms with Crippen LogP contribution in [-0.2, 0) is 0 Å². The molecule has 3 aromatic rings. The third-order valence-corrected chi connectivity index (χ3v) is 3.99. The van der Waals surface area contributed by atoms with Crippen molar-refractivity contribution in [2.24, 2.45) is 0 Å². The Morgan fingerprint density at radius 1 is 1.15 bits per heavy atom. The summed E-state index contributed by atoms with van der Waals surface area (Å²) in [5.74, 6) is 0.319. The van der Waals surface area contributed by atoms with Gasteiger partial charge in [-0.25, -0.2) is 9.37 Å². The topological polar surface area (TPSA) is 83.0 Å². The van der Waals surface area contributed by atoms with E-state index >= 15 is 0 Å². The quantitative estimate of drug-likeness (QED) is 0.562. The lowest BCUT2D eigenvalue weighted by molar-refractivity contribution is 0.281. The molecule has 0 amide bonds. The number of aromatic nitrogens is 3. The van der Waals surface area contributed by atoms with Crippen molar-refractivity contribution in [3.05, 3.63) is 59.0 Å². The molecular weight excluding hydrogens is 401 g/mol. The van der Waals surface area contributed by atoms with Crippen LogP contribution in [0.5, 0.6) is 0 Å². The highest BCUT2D eigenvalue weighted by atomic mass is 79.9. The van der Waals surface area contributed by atoms with Gasteiger partial charge in [0.1, 0.15) is 11.6 Å². The normalized spacial score (nSPS) is 11.8. The maximum atomic E-state index is 14.1. The summed E-state index contributed by atoms with van der Waals surface area (Å²) >= 11 is 3.24. The van der Waals surface area contributed by atoms with Gasteiger partial charge in [0.25, 0.3) is 0 Å². The molecular formula is C18H17BrFN5O. The van der Waals surface area contributed by atoms with Crippen LogP contribution in [0.2, 0.25) is 0 Å². The molecule has 0 unspecified atom stereocenters. The molecule has 0 radical (unpaired) electrons. The number of halogens is 2. The molecule has 0 spiro atoms. The molecule has 1 atom stereocenters. The Balaban J connectivity index is 1.98. The highest BCUT2D eigenvalue weighted by Crippen LogP contribution is 2.25. The lowest BCUT2D eigenvalue weighted by Gasteiger charge is -2.14. The van der Waals surface area contributed by atoms with Gasteiger partial charge in [-0.2, -0.15) is 4.98 Å². The van der Waals surface area contributed by atoms with E-state index in [0.29, 0.717) is 33.3 Å². The smallest absolute Gasteiger partial charge is 0.225 e. The van der Waals surface area contributed by atoms with Crippen LogP contribution in [0.3, 0.4) is 0 Å². The lowest BCUT2D eigenvalue weighted by atomic mass is 10.2. The van der Waals surface area contributed by atoms with E-state index in [4.69, 9.17) is 0 Å². The van der Waals surface area contributed by atoms with Crippen molar-refractivity contribution in [1.82, 2.24) is 15.0 Å². The first kappa shape index (κ1) is 18.2. The fourth-order valence-corrected chi connectivity index (χ4v) is 2.55. The van der Waals surface area contributed by atoms with Gasteiger partial charge < -0.3 is 15.7 Å². The molecule has 0 aliphatic heterocycles. The molecule has 0 saturated carbocycles. The predicted octanol–water partition coefficient (Wildman–Crippen LogP) is 3.98. The number of benzene rings is 1. The first-order valence-corrected chi connectivity index (χ1v) is 8.74. The minimum Gasteiger partial charge on any atom is -0.394 e. The van der Waals surface area contributed by atoms with Crippen molar-refractivity contribution >= 4 is 33.4 Å². The summed E-state index contributed by atoms with van der Waals surface area (Å²) in [4.78, 5) is 13.1. The molecule has 0 aliphatic rings. The zero-order chi connectivity index (χ0) is 18.5. The van der Waals surface area contributed by atoms with E-state index in [1.807, 2.05) is 18.2 Å². The van der Waals surface area contributed by atoms with Gasteiger partial charge in [-0.1, -0.05) is 22.0 Å². The van der Waals surface area contributed by atoms with Crippen molar-refractivity contribution in [3.63, 3.8) is 0 Å². The maximum absolute atomic E-state index is 14.1. The fourth-order valence-electron chi connectivity index (χ4n) is 2.22. The summed E-state index contributed by atoms with van der Waals surface area (Å²) in [5.41, 5.74) is 1.53. The van der Waals surface area contributed by atoms with Crippen molar-refractivity contribution in [2.75, 3.05) is 17.2 Å². The molecule has 0 aliphatic carbocycles. The van der Waals surface area contributed by atoms with Gasteiger partial charge in [0.15, 0.2) is 0 Å². The Labute approximate surface area is 158 Å². The van der Waals surface area contributed by atoms with Gasteiger partial charge in [0.2, 0.25) is 5.95 Å². The second-order valence-electron chi connectivity index (χ2n) is 5.65. The number of rotatable bonds is 6. The molecule has 3 N–H and O–H groups in total. The molecule has 8 heteroatoms. The van der Waals surface area contributed by atoms with Gasteiger partial charge in [-0.15, -0.1) is 0 Å². The molecule has 0 fully saturated rings. The van der Waals surface area contributed by atoms with Crippen LogP contribution >= 0.6 is 15.9 Å². The predicted molar refractivity (Wildman–Crippen MR) is 103 cm³/mol. The summed E-state index contributed by atoms with van der Waals surface area (Å²) in [6, 6.07) is 11.7. The van der Waals surface area contributed by atoms with Crippen LogP contribution in [-0.4, -0.2) is 32.7 Å². The van der Waals surface area contributed by atoms with Crippen LogP contribution < -0.4 is 10.6 Å². The van der Waals surface area contributed by atoms with E-state index in [9.17, 15) is 9.50 Å². The van der Waals surface area contributed by atoms with E-state index in [1.165, 1.54) is 6.07 Å². The maximum Gasteiger partial charge on any atom is 0.225 e. The molecule has 2 aromatic heterocycles. The van der Waals surface area contributed by atoms with Gasteiger partial charge in [0.05, 0.1) is 23.7 Å². The van der Waals surface area contributed by atoms with Crippen molar-refractivity contribution in [1.29, 1.82) is 0 Å². The fraction of sp³-hybridized carbons (Fsp3) is 0.167. The third kappa shape index (κ3) is 4.53. The molecule has 1 aromatic carbocycles. The van der Waals surface area contributed by atoms with Crippen molar-refractivity contribution < 1.29 is 9.50 Å². The summed E-state index contributed by atoms with van der Waals surface area (Å²) in [7, 11) is 0. The van der Waals surface area contributed by atoms with E-state index in [2.05, 4.69) is 41.5 Å². The number of nitrogens with zero attached hydrogens (tertiary/aromatic N) is 3. The van der Waals surface area contributed by atoms with Crippen LogP contribution in [0.15, 0.2) is 53.1 Å². The Morgan fingerprint density at radius 2 is 2.00 bits per heavy atom. The zero-order valence-corrected chi connectivity index (χ0v) is 15.5. The standard InChI is InChI=1S/C18H17BrFN5O/c1-11(10-26)22-18-24-16(15-4-2-3-7-21-15)9-17(25-18)23-14-6-5-12(19)8-13(14)20/h2-9,11,26H,10H2,1H3,(H2,22,23,24,25)/t11-/m0/s1. The Bertz CT molecular complexity index is 894. The summed E-state index contributed by atoms with van der Waals surface area (Å²) in [6.45, 7) is 1.74. The van der Waals surface area contributed by atoms with Crippen LogP contribution in [0, 0.1) is 5.82 Å². The average molecular weight is 418 g/mol. The zero-order valence-electron chi connectivity index (χ0n) is 13.9. The third-order valence-electron chi connectivity index (χ3n) is 3.50. The Morgan fingerprint density at radius 3 is 2.69 bits per heavy atom. The molecule has 134 valence electrons.